The molecule has 0 unspecified atom stereocenters. The molecule has 0 spiro atoms. The van der Waals surface area contributed by atoms with E-state index in [9.17, 15) is 4.79 Å². The summed E-state index contributed by atoms with van der Waals surface area (Å²) < 4.78 is 1.06. The number of hydrogen-bond acceptors (Lipinski definition) is 2. The summed E-state index contributed by atoms with van der Waals surface area (Å²) in [7, 11) is 0. The molecule has 2 rings (SSSR count). The summed E-state index contributed by atoms with van der Waals surface area (Å²) in [6, 6.07) is 8.51. The maximum atomic E-state index is 11.4. The number of carbonyl (C=O) groups is 1. The van der Waals surface area contributed by atoms with Crippen LogP contribution in [0.3, 0.4) is 0 Å². The van der Waals surface area contributed by atoms with Crippen LogP contribution in [-0.4, -0.2) is 18.5 Å². The molecule has 2 N–H and O–H groups in total. The minimum Gasteiger partial charge on any atom is -0.352 e. The first-order valence-electron chi connectivity index (χ1n) is 5.48. The van der Waals surface area contributed by atoms with E-state index in [2.05, 4.69) is 26.6 Å². The summed E-state index contributed by atoms with van der Waals surface area (Å²) in [5, 5.41) is 6.07. The Bertz CT molecular complexity index is 383. The number of amides is 1. The lowest BCUT2D eigenvalue weighted by molar-refractivity contribution is -0.120. The quantitative estimate of drug-likeness (QED) is 0.874. The van der Waals surface area contributed by atoms with E-state index in [1.165, 1.54) is 5.56 Å². The van der Waals surface area contributed by atoms with E-state index in [0.29, 0.717) is 12.6 Å². The van der Waals surface area contributed by atoms with Crippen LogP contribution in [0.25, 0.3) is 0 Å². The third-order valence-electron chi connectivity index (χ3n) is 2.45. The Morgan fingerprint density at radius 2 is 2.18 bits per heavy atom. The molecule has 1 aromatic rings. The molecule has 0 bridgehead atoms. The minimum atomic E-state index is 0. The Balaban J connectivity index is 0.00000144. The van der Waals surface area contributed by atoms with Crippen molar-refractivity contribution >= 4 is 34.2 Å². The largest absolute Gasteiger partial charge is 0.352 e. The standard InChI is InChI=1S/C12H15BrN2O.ClH/c13-10-3-1-2-9(6-10)7-14-8-12(16)15-11-4-5-11;/h1-3,6,11,14H,4-5,7-8H2,(H,15,16);1H. The van der Waals surface area contributed by atoms with Gasteiger partial charge in [0.1, 0.15) is 0 Å². The van der Waals surface area contributed by atoms with Crippen LogP contribution in [0.4, 0.5) is 0 Å². The smallest absolute Gasteiger partial charge is 0.234 e. The molecule has 1 aliphatic rings. The first kappa shape index (κ1) is 14.5. The number of nitrogens with one attached hydrogen (secondary N) is 2. The summed E-state index contributed by atoms with van der Waals surface area (Å²) in [5.74, 6) is 0.0949. The molecule has 0 saturated heterocycles. The lowest BCUT2D eigenvalue weighted by Gasteiger charge is -2.06. The molecule has 1 aliphatic carbocycles. The number of rotatable bonds is 5. The van der Waals surface area contributed by atoms with Crippen LogP contribution in [0.5, 0.6) is 0 Å². The van der Waals surface area contributed by atoms with Crippen molar-refractivity contribution in [3.63, 3.8) is 0 Å². The van der Waals surface area contributed by atoms with Gasteiger partial charge in [0.2, 0.25) is 5.91 Å². The van der Waals surface area contributed by atoms with E-state index in [1.807, 2.05) is 24.3 Å². The highest BCUT2D eigenvalue weighted by Gasteiger charge is 2.22. The van der Waals surface area contributed by atoms with Gasteiger partial charge in [-0.15, -0.1) is 12.4 Å². The third kappa shape index (κ3) is 5.52. The lowest BCUT2D eigenvalue weighted by Crippen LogP contribution is -2.34. The molecular formula is C12H16BrClN2O. The van der Waals surface area contributed by atoms with Gasteiger partial charge >= 0.3 is 0 Å². The van der Waals surface area contributed by atoms with Crippen LogP contribution in [0, 0.1) is 0 Å². The molecule has 0 heterocycles. The second-order valence-corrected chi connectivity index (χ2v) is 4.99. The number of halogens is 2. The molecule has 3 nitrogen and oxygen atoms in total. The molecule has 1 fully saturated rings. The predicted octanol–water partition coefficient (Wildman–Crippen LogP) is 2.24. The number of carbonyl (C=O) groups excluding carboxylic acids is 1. The normalized spacial score (nSPS) is 13.9. The van der Waals surface area contributed by atoms with Crippen molar-refractivity contribution in [2.24, 2.45) is 0 Å². The van der Waals surface area contributed by atoms with E-state index in [0.717, 1.165) is 23.9 Å². The molecule has 0 aliphatic heterocycles. The molecule has 1 amide bonds. The molecule has 17 heavy (non-hydrogen) atoms. The van der Waals surface area contributed by atoms with Gasteiger partial charge in [-0.2, -0.15) is 0 Å². The fourth-order valence-corrected chi connectivity index (χ4v) is 1.92. The second-order valence-electron chi connectivity index (χ2n) is 4.08. The van der Waals surface area contributed by atoms with Gasteiger partial charge in [-0.25, -0.2) is 0 Å². The zero-order valence-corrected chi connectivity index (χ0v) is 11.8. The van der Waals surface area contributed by atoms with Gasteiger partial charge in [-0.3, -0.25) is 4.79 Å². The Morgan fingerprint density at radius 1 is 1.41 bits per heavy atom. The van der Waals surface area contributed by atoms with Gasteiger partial charge in [0, 0.05) is 17.1 Å². The van der Waals surface area contributed by atoms with Crippen molar-refractivity contribution < 1.29 is 4.79 Å². The first-order valence-corrected chi connectivity index (χ1v) is 6.28. The van der Waals surface area contributed by atoms with Crippen LogP contribution in [0.15, 0.2) is 28.7 Å². The summed E-state index contributed by atoms with van der Waals surface area (Å²) in [6.07, 6.45) is 2.27. The summed E-state index contributed by atoms with van der Waals surface area (Å²) in [6.45, 7) is 1.11. The van der Waals surface area contributed by atoms with Gasteiger partial charge in [0.05, 0.1) is 6.54 Å². The molecule has 0 aromatic heterocycles. The predicted molar refractivity (Wildman–Crippen MR) is 74.3 cm³/mol. The van der Waals surface area contributed by atoms with Crippen LogP contribution < -0.4 is 10.6 Å². The van der Waals surface area contributed by atoms with E-state index in [1.54, 1.807) is 0 Å². The minimum absolute atomic E-state index is 0. The summed E-state index contributed by atoms with van der Waals surface area (Å²) in [4.78, 5) is 11.4. The fourth-order valence-electron chi connectivity index (χ4n) is 1.47. The van der Waals surface area contributed by atoms with Gasteiger partial charge in [-0.05, 0) is 30.5 Å². The van der Waals surface area contributed by atoms with Gasteiger partial charge in [0.25, 0.3) is 0 Å². The molecule has 0 radical (unpaired) electrons. The van der Waals surface area contributed by atoms with Crippen LogP contribution in [-0.2, 0) is 11.3 Å². The summed E-state index contributed by atoms with van der Waals surface area (Å²) in [5.41, 5.74) is 1.17. The van der Waals surface area contributed by atoms with E-state index >= 15 is 0 Å². The van der Waals surface area contributed by atoms with E-state index in [-0.39, 0.29) is 18.3 Å². The van der Waals surface area contributed by atoms with Crippen LogP contribution in [0.2, 0.25) is 0 Å². The van der Waals surface area contributed by atoms with Crippen molar-refractivity contribution in [1.29, 1.82) is 0 Å². The van der Waals surface area contributed by atoms with Gasteiger partial charge in [-0.1, -0.05) is 28.1 Å². The third-order valence-corrected chi connectivity index (χ3v) is 2.94. The van der Waals surface area contributed by atoms with E-state index in [4.69, 9.17) is 0 Å². The SMILES string of the molecule is Cl.O=C(CNCc1cccc(Br)c1)NC1CC1. The molecule has 5 heteroatoms. The van der Waals surface area contributed by atoms with Crippen LogP contribution >= 0.6 is 28.3 Å². The summed E-state index contributed by atoms with van der Waals surface area (Å²) >= 11 is 3.42. The van der Waals surface area contributed by atoms with Gasteiger partial charge in [0.15, 0.2) is 0 Å². The highest BCUT2D eigenvalue weighted by atomic mass is 79.9. The molecule has 94 valence electrons. The number of hydrogen-bond donors (Lipinski definition) is 2. The Labute approximate surface area is 116 Å². The van der Waals surface area contributed by atoms with Crippen molar-refractivity contribution in [3.8, 4) is 0 Å². The lowest BCUT2D eigenvalue weighted by atomic mass is 10.2. The Hall–Kier alpha value is -0.580. The molecule has 0 atom stereocenters. The second kappa shape index (κ2) is 6.99. The van der Waals surface area contributed by atoms with Crippen molar-refractivity contribution in [2.45, 2.75) is 25.4 Å². The van der Waals surface area contributed by atoms with Crippen molar-refractivity contribution in [2.75, 3.05) is 6.54 Å². The molecule has 1 aromatic carbocycles. The number of benzene rings is 1. The molecular weight excluding hydrogens is 304 g/mol. The highest BCUT2D eigenvalue weighted by Crippen LogP contribution is 2.18. The first-order chi connectivity index (χ1) is 7.74. The average molecular weight is 320 g/mol. The van der Waals surface area contributed by atoms with E-state index < -0.39 is 0 Å². The monoisotopic (exact) mass is 318 g/mol. The Kier molecular flexibility index (Phi) is 5.95. The van der Waals surface area contributed by atoms with Crippen molar-refractivity contribution in [1.82, 2.24) is 10.6 Å². The van der Waals surface area contributed by atoms with Crippen LogP contribution in [0.1, 0.15) is 18.4 Å². The maximum Gasteiger partial charge on any atom is 0.234 e. The molecule has 1 saturated carbocycles. The topological polar surface area (TPSA) is 41.1 Å². The zero-order valence-electron chi connectivity index (χ0n) is 9.41. The van der Waals surface area contributed by atoms with Crippen molar-refractivity contribution in [3.05, 3.63) is 34.3 Å². The maximum absolute atomic E-state index is 11.4. The highest BCUT2D eigenvalue weighted by molar-refractivity contribution is 9.10. The average Bonchev–Trinajstić information content (AvgIpc) is 3.02. The fraction of sp³-hybridized carbons (Fsp3) is 0.417. The van der Waals surface area contributed by atoms with Gasteiger partial charge < -0.3 is 10.6 Å². The zero-order chi connectivity index (χ0) is 11.4. The Morgan fingerprint density at radius 3 is 2.82 bits per heavy atom.